The van der Waals surface area contributed by atoms with Gasteiger partial charge in [-0.3, -0.25) is 4.79 Å². The van der Waals surface area contributed by atoms with Gasteiger partial charge in [-0.05, 0) is 57.9 Å². The molecule has 0 N–H and O–H groups in total. The van der Waals surface area contributed by atoms with E-state index in [1.165, 1.54) is 0 Å². The maximum absolute atomic E-state index is 13.3. The Hall–Kier alpha value is -3.21. The summed E-state index contributed by atoms with van der Waals surface area (Å²) < 4.78 is 11.2. The molecule has 0 saturated heterocycles. The second-order valence-corrected chi connectivity index (χ2v) is 7.77. The normalized spacial score (nSPS) is 18.7. The molecule has 0 saturated carbocycles. The Labute approximate surface area is 170 Å². The van der Waals surface area contributed by atoms with Crippen molar-refractivity contribution in [2.75, 3.05) is 6.61 Å². The van der Waals surface area contributed by atoms with Crippen LogP contribution in [-0.2, 0) is 14.3 Å². The van der Waals surface area contributed by atoms with Crippen LogP contribution in [0, 0.1) is 0 Å². The summed E-state index contributed by atoms with van der Waals surface area (Å²) in [5.74, 6) is 0.213. The van der Waals surface area contributed by atoms with Gasteiger partial charge in [-0.25, -0.2) is 9.79 Å². The van der Waals surface area contributed by atoms with Crippen LogP contribution >= 0.6 is 0 Å². The average Bonchev–Trinajstić information content (AvgIpc) is 2.71. The Kier molecular flexibility index (Phi) is 4.82. The van der Waals surface area contributed by atoms with Crippen LogP contribution < -0.4 is 0 Å². The van der Waals surface area contributed by atoms with E-state index in [4.69, 9.17) is 9.47 Å². The summed E-state index contributed by atoms with van der Waals surface area (Å²) in [7, 11) is 0. The lowest BCUT2D eigenvalue weighted by Gasteiger charge is -2.36. The van der Waals surface area contributed by atoms with E-state index in [1.807, 2.05) is 38.1 Å². The Morgan fingerprint density at radius 3 is 2.48 bits per heavy atom. The number of allylic oxidation sites excluding steroid dienone is 1. The molecule has 2 aromatic carbocycles. The van der Waals surface area contributed by atoms with Gasteiger partial charge in [-0.2, -0.15) is 0 Å². The van der Waals surface area contributed by atoms with Crippen molar-refractivity contribution in [1.82, 2.24) is 0 Å². The summed E-state index contributed by atoms with van der Waals surface area (Å²) in [6, 6.07) is 14.5. The molecule has 1 heterocycles. The zero-order valence-corrected chi connectivity index (χ0v) is 16.8. The minimum atomic E-state index is -0.373. The molecule has 148 valence electrons. The van der Waals surface area contributed by atoms with Gasteiger partial charge in [0.25, 0.3) is 0 Å². The number of benzene rings is 2. The van der Waals surface area contributed by atoms with Gasteiger partial charge < -0.3 is 9.47 Å². The zero-order valence-electron chi connectivity index (χ0n) is 16.8. The van der Waals surface area contributed by atoms with Gasteiger partial charge in [0.15, 0.2) is 0 Å². The summed E-state index contributed by atoms with van der Waals surface area (Å²) in [6.07, 6.45) is 1.44. The standard InChI is InChI=1S/C24H23NO4/c1-4-28-23(27)15-9-11-16(12-10-15)25-20-17-7-5-6-8-18(17)22-19(21(20)26)13-14-24(2,3)29-22/h5-12H,4,13-14H2,1-3H3/b25-20-. The molecule has 29 heavy (non-hydrogen) atoms. The second-order valence-electron chi connectivity index (χ2n) is 7.77. The Balaban J connectivity index is 1.75. The molecule has 4 rings (SSSR count). The number of hydrogen-bond donors (Lipinski definition) is 0. The van der Waals surface area contributed by atoms with Gasteiger partial charge in [0.2, 0.25) is 5.78 Å². The predicted octanol–water partition coefficient (Wildman–Crippen LogP) is 4.87. The average molecular weight is 389 g/mol. The molecule has 2 aromatic rings. The molecule has 0 atom stereocenters. The van der Waals surface area contributed by atoms with Crippen molar-refractivity contribution >= 4 is 28.9 Å². The fourth-order valence-corrected chi connectivity index (χ4v) is 3.64. The Morgan fingerprint density at radius 2 is 1.79 bits per heavy atom. The Morgan fingerprint density at radius 1 is 1.10 bits per heavy atom. The molecular weight excluding hydrogens is 366 g/mol. The molecule has 0 spiro atoms. The highest BCUT2D eigenvalue weighted by atomic mass is 16.5. The maximum Gasteiger partial charge on any atom is 0.338 e. The lowest BCUT2D eigenvalue weighted by atomic mass is 9.82. The number of nitrogens with zero attached hydrogens (tertiary/aromatic N) is 1. The first-order valence-electron chi connectivity index (χ1n) is 9.82. The van der Waals surface area contributed by atoms with Crippen LogP contribution in [0.5, 0.6) is 0 Å². The summed E-state index contributed by atoms with van der Waals surface area (Å²) in [5.41, 5.74) is 3.53. The highest BCUT2D eigenvalue weighted by Crippen LogP contribution is 2.41. The zero-order chi connectivity index (χ0) is 20.6. The van der Waals surface area contributed by atoms with Crippen molar-refractivity contribution in [2.45, 2.75) is 39.2 Å². The summed E-state index contributed by atoms with van der Waals surface area (Å²) >= 11 is 0. The number of ketones is 1. The molecule has 0 unspecified atom stereocenters. The SMILES string of the molecule is CCOC(=O)c1ccc(/N=C2\C(=O)C3=C(OC(C)(C)CC3)c3ccccc32)cc1. The first-order chi connectivity index (χ1) is 13.9. The van der Waals surface area contributed by atoms with E-state index in [2.05, 4.69) is 4.99 Å². The minimum absolute atomic E-state index is 0.0938. The molecule has 0 radical (unpaired) electrons. The van der Waals surface area contributed by atoms with Gasteiger partial charge in [-0.15, -0.1) is 0 Å². The summed E-state index contributed by atoms with van der Waals surface area (Å²) in [5, 5.41) is 0. The molecule has 0 fully saturated rings. The number of rotatable bonds is 3. The van der Waals surface area contributed by atoms with Gasteiger partial charge >= 0.3 is 5.97 Å². The number of Topliss-reactive ketones (excluding diaryl/α,β-unsaturated/α-hetero) is 1. The van der Waals surface area contributed by atoms with E-state index in [-0.39, 0.29) is 17.4 Å². The fraction of sp³-hybridized carbons (Fsp3) is 0.292. The highest BCUT2D eigenvalue weighted by molar-refractivity contribution is 6.54. The number of carbonyl (C=O) groups excluding carboxylic acids is 2. The van der Waals surface area contributed by atoms with Crippen LogP contribution in [0.4, 0.5) is 5.69 Å². The number of ether oxygens (including phenoxy) is 2. The molecule has 0 aromatic heterocycles. The van der Waals surface area contributed by atoms with Crippen molar-refractivity contribution in [3.63, 3.8) is 0 Å². The number of fused-ring (bicyclic) bond motifs is 2. The lowest BCUT2D eigenvalue weighted by Crippen LogP contribution is -2.34. The third kappa shape index (κ3) is 3.60. The smallest absolute Gasteiger partial charge is 0.338 e. The first-order valence-corrected chi connectivity index (χ1v) is 9.82. The Bertz CT molecular complexity index is 1040. The molecule has 1 aliphatic heterocycles. The van der Waals surface area contributed by atoms with Crippen LogP contribution in [0.25, 0.3) is 5.76 Å². The minimum Gasteiger partial charge on any atom is -0.487 e. The van der Waals surface area contributed by atoms with E-state index in [0.717, 1.165) is 17.5 Å². The van der Waals surface area contributed by atoms with Gasteiger partial charge in [-0.1, -0.05) is 24.3 Å². The van der Waals surface area contributed by atoms with Gasteiger partial charge in [0.05, 0.1) is 17.9 Å². The van der Waals surface area contributed by atoms with E-state index in [1.54, 1.807) is 31.2 Å². The topological polar surface area (TPSA) is 65.0 Å². The number of esters is 1. The van der Waals surface area contributed by atoms with Crippen LogP contribution in [-0.4, -0.2) is 29.7 Å². The van der Waals surface area contributed by atoms with Crippen LogP contribution in [0.1, 0.15) is 55.1 Å². The first kappa shape index (κ1) is 19.1. The monoisotopic (exact) mass is 389 g/mol. The van der Waals surface area contributed by atoms with Crippen molar-refractivity contribution < 1.29 is 19.1 Å². The van der Waals surface area contributed by atoms with Crippen molar-refractivity contribution in [2.24, 2.45) is 4.99 Å². The highest BCUT2D eigenvalue weighted by Gasteiger charge is 2.38. The number of aliphatic imine (C=N–C) groups is 1. The fourth-order valence-electron chi connectivity index (χ4n) is 3.64. The largest absolute Gasteiger partial charge is 0.487 e. The molecule has 2 aliphatic rings. The molecule has 1 aliphatic carbocycles. The second kappa shape index (κ2) is 7.32. The van der Waals surface area contributed by atoms with Crippen LogP contribution in [0.3, 0.4) is 0 Å². The summed E-state index contributed by atoms with van der Waals surface area (Å²) in [4.78, 5) is 29.7. The third-order valence-electron chi connectivity index (χ3n) is 5.16. The maximum atomic E-state index is 13.3. The van der Waals surface area contributed by atoms with Crippen LogP contribution in [0.15, 0.2) is 59.1 Å². The number of hydrogen-bond acceptors (Lipinski definition) is 5. The quantitative estimate of drug-likeness (QED) is 0.703. The van der Waals surface area contributed by atoms with Crippen molar-refractivity contribution in [3.8, 4) is 0 Å². The lowest BCUT2D eigenvalue weighted by molar-refractivity contribution is -0.110. The number of carbonyl (C=O) groups is 2. The van der Waals surface area contributed by atoms with Crippen molar-refractivity contribution in [1.29, 1.82) is 0 Å². The molecule has 0 amide bonds. The van der Waals surface area contributed by atoms with E-state index in [0.29, 0.717) is 41.3 Å². The van der Waals surface area contributed by atoms with E-state index in [9.17, 15) is 9.59 Å². The van der Waals surface area contributed by atoms with Crippen molar-refractivity contribution in [3.05, 3.63) is 70.8 Å². The van der Waals surface area contributed by atoms with Crippen LogP contribution in [0.2, 0.25) is 0 Å². The molecular formula is C24H23NO4. The van der Waals surface area contributed by atoms with Gasteiger partial charge in [0.1, 0.15) is 17.1 Å². The third-order valence-corrected chi connectivity index (χ3v) is 5.16. The van der Waals surface area contributed by atoms with E-state index >= 15 is 0 Å². The van der Waals surface area contributed by atoms with E-state index < -0.39 is 0 Å². The van der Waals surface area contributed by atoms with Gasteiger partial charge in [0, 0.05) is 16.7 Å². The summed E-state index contributed by atoms with van der Waals surface area (Å²) in [6.45, 7) is 6.17. The molecule has 0 bridgehead atoms. The molecule has 5 nitrogen and oxygen atoms in total. The molecule has 5 heteroatoms. The predicted molar refractivity (Wildman–Crippen MR) is 111 cm³/mol.